The number of anilines is 2. The maximum absolute atomic E-state index is 5.88. The lowest BCUT2D eigenvalue weighted by molar-refractivity contribution is 0.241. The predicted molar refractivity (Wildman–Crippen MR) is 71.6 cm³/mol. The van der Waals surface area contributed by atoms with Gasteiger partial charge in [-0.3, -0.25) is 0 Å². The Hall–Kier alpha value is -1.10. The van der Waals surface area contributed by atoms with Gasteiger partial charge < -0.3 is 10.6 Å². The second kappa shape index (κ2) is 4.88. The van der Waals surface area contributed by atoms with Crippen molar-refractivity contribution in [3.05, 3.63) is 5.28 Å². The molecule has 0 bridgehead atoms. The first-order valence-corrected chi connectivity index (χ1v) is 7.05. The average molecular weight is 268 g/mol. The molecule has 2 N–H and O–H groups in total. The molecule has 2 unspecified atom stereocenters. The first kappa shape index (κ1) is 12.0. The minimum atomic E-state index is 0.190. The lowest BCUT2D eigenvalue weighted by Crippen LogP contribution is -2.47. The molecule has 1 aromatic rings. The van der Waals surface area contributed by atoms with Gasteiger partial charge in [0.25, 0.3) is 0 Å². The second-order valence-electron chi connectivity index (χ2n) is 5.21. The monoisotopic (exact) mass is 267 g/mol. The topological polar surface area (TPSA) is 67.9 Å². The molecular formula is C12H18ClN5. The summed E-state index contributed by atoms with van der Waals surface area (Å²) in [7, 11) is 0. The highest BCUT2D eigenvalue weighted by atomic mass is 35.5. The van der Waals surface area contributed by atoms with E-state index in [2.05, 4.69) is 19.9 Å². The van der Waals surface area contributed by atoms with Crippen molar-refractivity contribution < 1.29 is 0 Å². The molecule has 98 valence electrons. The number of nitrogens with zero attached hydrogens (tertiary/aromatic N) is 4. The molecule has 0 radical (unpaired) electrons. The Morgan fingerprint density at radius 2 is 1.83 bits per heavy atom. The van der Waals surface area contributed by atoms with Crippen LogP contribution in [0.5, 0.6) is 0 Å². The van der Waals surface area contributed by atoms with Crippen LogP contribution in [0.4, 0.5) is 11.9 Å². The van der Waals surface area contributed by atoms with Crippen LogP contribution < -0.4 is 10.6 Å². The number of aromatic nitrogens is 3. The molecule has 0 aromatic carbocycles. The van der Waals surface area contributed by atoms with E-state index in [9.17, 15) is 0 Å². The SMILES string of the molecule is Nc1nc(Cl)nc(N2CCCC3CCCCC32)n1. The van der Waals surface area contributed by atoms with Crippen molar-refractivity contribution >= 4 is 23.5 Å². The van der Waals surface area contributed by atoms with Gasteiger partial charge in [0.15, 0.2) is 0 Å². The van der Waals surface area contributed by atoms with E-state index in [1.807, 2.05) is 0 Å². The zero-order valence-corrected chi connectivity index (χ0v) is 11.1. The summed E-state index contributed by atoms with van der Waals surface area (Å²) in [4.78, 5) is 14.6. The third-order valence-corrected chi connectivity index (χ3v) is 4.28. The molecule has 5 nitrogen and oxygen atoms in total. The molecule has 18 heavy (non-hydrogen) atoms. The van der Waals surface area contributed by atoms with Crippen LogP contribution in [0.15, 0.2) is 0 Å². The highest BCUT2D eigenvalue weighted by molar-refractivity contribution is 6.28. The molecule has 0 spiro atoms. The third-order valence-electron chi connectivity index (χ3n) is 4.11. The van der Waals surface area contributed by atoms with E-state index in [1.165, 1.54) is 38.5 Å². The molecule has 2 atom stereocenters. The van der Waals surface area contributed by atoms with Gasteiger partial charge in [-0.25, -0.2) is 0 Å². The maximum Gasteiger partial charge on any atom is 0.231 e. The summed E-state index contributed by atoms with van der Waals surface area (Å²) >= 11 is 5.88. The van der Waals surface area contributed by atoms with Gasteiger partial charge in [0, 0.05) is 12.6 Å². The highest BCUT2D eigenvalue weighted by Crippen LogP contribution is 2.36. The summed E-state index contributed by atoms with van der Waals surface area (Å²) in [5.41, 5.74) is 5.66. The Balaban J connectivity index is 1.89. The van der Waals surface area contributed by atoms with E-state index < -0.39 is 0 Å². The minimum Gasteiger partial charge on any atom is -0.368 e. The van der Waals surface area contributed by atoms with Crippen molar-refractivity contribution in [3.8, 4) is 0 Å². The van der Waals surface area contributed by atoms with Gasteiger partial charge in [-0.15, -0.1) is 0 Å². The lowest BCUT2D eigenvalue weighted by Gasteiger charge is -2.44. The highest BCUT2D eigenvalue weighted by Gasteiger charge is 2.34. The Morgan fingerprint density at radius 3 is 2.67 bits per heavy atom. The Bertz CT molecular complexity index is 416. The molecule has 3 rings (SSSR count). The number of hydrogen-bond acceptors (Lipinski definition) is 5. The normalized spacial score (nSPS) is 27.9. The number of hydrogen-bond donors (Lipinski definition) is 1. The van der Waals surface area contributed by atoms with E-state index >= 15 is 0 Å². The van der Waals surface area contributed by atoms with Gasteiger partial charge in [-0.05, 0) is 43.2 Å². The molecule has 1 aliphatic carbocycles. The van der Waals surface area contributed by atoms with Gasteiger partial charge in [0.05, 0.1) is 0 Å². The lowest BCUT2D eigenvalue weighted by atomic mass is 9.78. The molecule has 1 aliphatic heterocycles. The molecule has 1 saturated heterocycles. The van der Waals surface area contributed by atoms with Crippen molar-refractivity contribution in [3.63, 3.8) is 0 Å². The largest absolute Gasteiger partial charge is 0.368 e. The Labute approximate surface area is 112 Å². The number of piperidine rings is 1. The van der Waals surface area contributed by atoms with E-state index in [1.54, 1.807) is 0 Å². The summed E-state index contributed by atoms with van der Waals surface area (Å²) < 4.78 is 0. The molecule has 6 heteroatoms. The van der Waals surface area contributed by atoms with Gasteiger partial charge >= 0.3 is 0 Å². The van der Waals surface area contributed by atoms with Crippen molar-refractivity contribution in [2.45, 2.75) is 44.6 Å². The fraction of sp³-hybridized carbons (Fsp3) is 0.750. The van der Waals surface area contributed by atoms with Crippen LogP contribution in [-0.4, -0.2) is 27.5 Å². The number of halogens is 1. The van der Waals surface area contributed by atoms with Crippen LogP contribution in [0.1, 0.15) is 38.5 Å². The fourth-order valence-corrected chi connectivity index (χ4v) is 3.52. The summed E-state index contributed by atoms with van der Waals surface area (Å²) in [6.45, 7) is 1.00. The zero-order valence-electron chi connectivity index (χ0n) is 10.3. The third kappa shape index (κ3) is 2.23. The summed E-state index contributed by atoms with van der Waals surface area (Å²) in [6.07, 6.45) is 7.74. The van der Waals surface area contributed by atoms with Crippen molar-refractivity contribution in [2.24, 2.45) is 5.92 Å². The Morgan fingerprint density at radius 1 is 1.06 bits per heavy atom. The first-order valence-electron chi connectivity index (χ1n) is 6.68. The standard InChI is InChI=1S/C12H18ClN5/c13-10-15-11(14)17-12(16-10)18-7-3-5-8-4-1-2-6-9(8)18/h8-9H,1-7H2,(H2,14,15,16,17). The molecule has 2 fully saturated rings. The fourth-order valence-electron chi connectivity index (χ4n) is 3.36. The minimum absolute atomic E-state index is 0.190. The van der Waals surface area contributed by atoms with Gasteiger partial charge in [-0.2, -0.15) is 15.0 Å². The van der Waals surface area contributed by atoms with Crippen molar-refractivity contribution in [1.29, 1.82) is 0 Å². The quantitative estimate of drug-likeness (QED) is 0.845. The smallest absolute Gasteiger partial charge is 0.231 e. The Kier molecular flexibility index (Phi) is 3.24. The predicted octanol–water partition coefficient (Wildman–Crippen LogP) is 2.27. The molecule has 2 aliphatic rings. The summed E-state index contributed by atoms with van der Waals surface area (Å²) in [5, 5.41) is 0.190. The first-order chi connectivity index (χ1) is 8.74. The number of fused-ring (bicyclic) bond motifs is 1. The van der Waals surface area contributed by atoms with E-state index in [4.69, 9.17) is 17.3 Å². The summed E-state index contributed by atoms with van der Waals surface area (Å²) in [6, 6.07) is 0.561. The van der Waals surface area contributed by atoms with Crippen LogP contribution in [-0.2, 0) is 0 Å². The van der Waals surface area contributed by atoms with Crippen LogP contribution in [0.2, 0.25) is 5.28 Å². The van der Waals surface area contributed by atoms with Crippen molar-refractivity contribution in [2.75, 3.05) is 17.2 Å². The maximum atomic E-state index is 5.88. The molecular weight excluding hydrogens is 250 g/mol. The number of rotatable bonds is 1. The van der Waals surface area contributed by atoms with E-state index in [0.29, 0.717) is 12.0 Å². The summed E-state index contributed by atoms with van der Waals surface area (Å²) in [5.74, 6) is 1.65. The molecule has 1 saturated carbocycles. The van der Waals surface area contributed by atoms with Crippen LogP contribution in [0.25, 0.3) is 0 Å². The molecule has 0 amide bonds. The average Bonchev–Trinajstić information content (AvgIpc) is 2.37. The zero-order chi connectivity index (χ0) is 12.5. The van der Waals surface area contributed by atoms with Gasteiger partial charge in [0.2, 0.25) is 17.2 Å². The van der Waals surface area contributed by atoms with Crippen LogP contribution in [0.3, 0.4) is 0 Å². The number of nitrogen functional groups attached to an aromatic ring is 1. The van der Waals surface area contributed by atoms with Crippen LogP contribution >= 0.6 is 11.6 Å². The van der Waals surface area contributed by atoms with Gasteiger partial charge in [-0.1, -0.05) is 12.8 Å². The van der Waals surface area contributed by atoms with Crippen molar-refractivity contribution in [1.82, 2.24) is 15.0 Å². The van der Waals surface area contributed by atoms with E-state index in [-0.39, 0.29) is 11.2 Å². The second-order valence-corrected chi connectivity index (χ2v) is 5.55. The van der Waals surface area contributed by atoms with Crippen LogP contribution in [0, 0.1) is 5.92 Å². The molecule has 1 aromatic heterocycles. The van der Waals surface area contributed by atoms with Gasteiger partial charge in [0.1, 0.15) is 0 Å². The van der Waals surface area contributed by atoms with E-state index in [0.717, 1.165) is 12.5 Å². The number of nitrogens with two attached hydrogens (primary N) is 1. The molecule has 2 heterocycles.